The highest BCUT2D eigenvalue weighted by molar-refractivity contribution is 7.80. The van der Waals surface area contributed by atoms with Crippen molar-refractivity contribution in [1.82, 2.24) is 20.0 Å². The van der Waals surface area contributed by atoms with Crippen molar-refractivity contribution < 1.29 is 51.0 Å². The fourth-order valence-electron chi connectivity index (χ4n) is 4.62. The van der Waals surface area contributed by atoms with Crippen molar-refractivity contribution in [2.24, 2.45) is 16.6 Å². The Balaban J connectivity index is 1.45. The van der Waals surface area contributed by atoms with Gasteiger partial charge in [0.15, 0.2) is 17.4 Å². The van der Waals surface area contributed by atoms with Crippen LogP contribution < -0.4 is 31.9 Å². The number of anilines is 1. The van der Waals surface area contributed by atoms with Gasteiger partial charge in [0.1, 0.15) is 24.1 Å². The number of thiazole rings is 1. The summed E-state index contributed by atoms with van der Waals surface area (Å²) >= 11 is 0.951. The third-order valence-corrected chi connectivity index (χ3v) is 8.09. The summed E-state index contributed by atoms with van der Waals surface area (Å²) in [6.07, 6.45) is 3.07. The number of oxime groups is 1. The molecule has 1 saturated heterocycles. The van der Waals surface area contributed by atoms with Crippen LogP contribution in [0.25, 0.3) is 11.1 Å². The highest BCUT2D eigenvalue weighted by Gasteiger charge is 2.57. The van der Waals surface area contributed by atoms with Gasteiger partial charge in [-0.2, -0.15) is 14.0 Å². The summed E-state index contributed by atoms with van der Waals surface area (Å²) in [5, 5.41) is 17.5. The minimum atomic E-state index is -5.27. The number of aryl methyl sites for hydroxylation is 1. The maximum atomic E-state index is 13.2. The number of carbonyl (C=O) groups excluding carboxylic acids is 2. The van der Waals surface area contributed by atoms with Gasteiger partial charge in [-0.15, -0.1) is 16.0 Å². The van der Waals surface area contributed by atoms with Crippen LogP contribution in [0.2, 0.25) is 0 Å². The van der Waals surface area contributed by atoms with Crippen LogP contribution >= 0.6 is 11.3 Å². The maximum Gasteiger partial charge on any atom is 0.351 e. The van der Waals surface area contributed by atoms with Crippen LogP contribution in [0.1, 0.15) is 26.0 Å². The number of carbonyl (C=O) groups is 3. The average Bonchev–Trinajstić information content (AvgIpc) is 3.64. The summed E-state index contributed by atoms with van der Waals surface area (Å²) in [4.78, 5) is 46.9. The van der Waals surface area contributed by atoms with Gasteiger partial charge in [-0.3, -0.25) is 9.59 Å². The van der Waals surface area contributed by atoms with Crippen molar-refractivity contribution in [3.05, 3.63) is 47.7 Å². The molecule has 1 unspecified atom stereocenters. The van der Waals surface area contributed by atoms with E-state index in [1.807, 2.05) is 21.8 Å². The lowest BCUT2D eigenvalue weighted by Gasteiger charge is -2.51. The lowest BCUT2D eigenvalue weighted by atomic mass is 9.84. The highest BCUT2D eigenvalue weighted by Crippen LogP contribution is 2.33. The quantitative estimate of drug-likeness (QED) is 0.0267. The Morgan fingerprint density at radius 2 is 1.94 bits per heavy atom. The fraction of sp³-hybridized carbons (Fsp3) is 0.407. The van der Waals surface area contributed by atoms with Crippen molar-refractivity contribution in [2.75, 3.05) is 25.4 Å². The SMILES string of the molecule is CC1(C)C(NC(=O)/C(=N\O[C@@H](COc2ccc(-c3cn(CCCN)[n+](CCN)c3)cc2)C(=O)O)c2csc(N)n2)C(=O)N1OS(=O)(=O)[O-]. The molecule has 19 nitrogen and oxygen atoms in total. The molecule has 21 heteroatoms. The largest absolute Gasteiger partial charge is 0.724 e. The molecule has 2 amide bonds. The lowest BCUT2D eigenvalue weighted by molar-refractivity contribution is -0.773. The molecule has 0 bridgehead atoms. The summed E-state index contributed by atoms with van der Waals surface area (Å²) in [6.45, 7) is 4.54. The Morgan fingerprint density at radius 3 is 2.50 bits per heavy atom. The van der Waals surface area contributed by atoms with Gasteiger partial charge < -0.3 is 41.8 Å². The van der Waals surface area contributed by atoms with E-state index in [0.717, 1.165) is 35.4 Å². The standard InChI is InChI=1S/C27H35N9O10S2/c1-27(2)22(24(38)36(27)46-48(41,42)43)32-23(37)21(19-15-47-26(30)31-19)33-45-20(25(39)40)14-44-18-6-4-16(5-7-18)17-12-34(10-3-8-28)35(13-17)11-9-29/h4-7,12-13,15,20,22H,3,8-11,14,28-29H2,1-2H3,(H4-,30,31,32,37,39,40,41,42,43)/b33-21-/t20-,22?/m0/s1. The number of rotatable bonds is 17. The van der Waals surface area contributed by atoms with Gasteiger partial charge in [0.05, 0.1) is 30.4 Å². The molecule has 1 fully saturated rings. The van der Waals surface area contributed by atoms with Gasteiger partial charge in [0.2, 0.25) is 16.6 Å². The zero-order chi connectivity index (χ0) is 35.2. The second-order valence-electron chi connectivity index (χ2n) is 10.9. The smallest absolute Gasteiger partial charge is 0.351 e. The van der Waals surface area contributed by atoms with Crippen LogP contribution in [0, 0.1) is 0 Å². The second kappa shape index (κ2) is 15.0. The summed E-state index contributed by atoms with van der Waals surface area (Å²) < 4.78 is 46.8. The molecule has 2 atom stereocenters. The topological polar surface area (TPSA) is 284 Å². The monoisotopic (exact) mass is 709 g/mol. The number of ether oxygens (including phenoxy) is 1. The van der Waals surface area contributed by atoms with E-state index in [0.29, 0.717) is 30.4 Å². The summed E-state index contributed by atoms with van der Waals surface area (Å²) in [5.74, 6) is -3.20. The number of amides is 2. The number of nitrogen functional groups attached to an aromatic ring is 1. The number of nitrogens with zero attached hydrogens (tertiary/aromatic N) is 5. The van der Waals surface area contributed by atoms with Crippen LogP contribution in [0.4, 0.5) is 5.13 Å². The number of hydrogen-bond donors (Lipinski definition) is 5. The summed E-state index contributed by atoms with van der Waals surface area (Å²) in [7, 11) is -5.27. The Bertz CT molecular complexity index is 1770. The Labute approximate surface area is 278 Å². The Morgan fingerprint density at radius 1 is 1.23 bits per heavy atom. The predicted octanol–water partition coefficient (Wildman–Crippen LogP) is -1.46. The number of aromatic nitrogens is 3. The van der Waals surface area contributed by atoms with Crippen LogP contribution in [0.3, 0.4) is 0 Å². The van der Waals surface area contributed by atoms with Crippen LogP contribution in [0.15, 0.2) is 47.2 Å². The third kappa shape index (κ3) is 8.62. The fourth-order valence-corrected chi connectivity index (χ4v) is 5.62. The second-order valence-corrected chi connectivity index (χ2v) is 12.8. The zero-order valence-corrected chi connectivity index (χ0v) is 27.5. The molecule has 2 aromatic heterocycles. The van der Waals surface area contributed by atoms with Gasteiger partial charge in [0.25, 0.3) is 17.9 Å². The molecule has 8 N–H and O–H groups in total. The number of β-lactam (4-membered cyclic amide) rings is 1. The first-order chi connectivity index (χ1) is 22.6. The first-order valence-corrected chi connectivity index (χ1v) is 16.6. The first-order valence-electron chi connectivity index (χ1n) is 14.4. The molecule has 0 spiro atoms. The average molecular weight is 710 g/mol. The van der Waals surface area contributed by atoms with Gasteiger partial charge >= 0.3 is 5.97 Å². The molecular formula is C27H35N9O10S2. The molecule has 3 aromatic rings. The Kier molecular flexibility index (Phi) is 11.3. The molecule has 260 valence electrons. The molecule has 0 radical (unpaired) electrons. The number of nitrogens with one attached hydrogen (secondary N) is 1. The zero-order valence-electron chi connectivity index (χ0n) is 25.8. The highest BCUT2D eigenvalue weighted by atomic mass is 32.3. The first kappa shape index (κ1) is 36.2. The number of hydrogen-bond acceptors (Lipinski definition) is 15. The minimum absolute atomic E-state index is 0.0497. The number of carboxylic acids is 1. The third-order valence-electron chi connectivity index (χ3n) is 7.09. The van der Waals surface area contributed by atoms with Crippen molar-refractivity contribution in [3.63, 3.8) is 0 Å². The van der Waals surface area contributed by atoms with Crippen LogP contribution in [-0.2, 0) is 47.0 Å². The normalized spacial score (nSPS) is 16.7. The summed E-state index contributed by atoms with van der Waals surface area (Å²) in [5.41, 5.74) is 16.8. The number of hydroxylamine groups is 2. The van der Waals surface area contributed by atoms with E-state index in [-0.39, 0.29) is 10.8 Å². The van der Waals surface area contributed by atoms with Crippen LogP contribution in [0.5, 0.6) is 5.75 Å². The van der Waals surface area contributed by atoms with Gasteiger partial charge in [-0.1, -0.05) is 17.3 Å². The molecular weight excluding hydrogens is 674 g/mol. The molecule has 1 aliphatic heterocycles. The molecule has 1 aromatic carbocycles. The number of aliphatic carboxylic acids is 1. The van der Waals surface area contributed by atoms with E-state index in [4.69, 9.17) is 26.8 Å². The van der Waals surface area contributed by atoms with Crippen molar-refractivity contribution >= 4 is 50.4 Å². The predicted molar refractivity (Wildman–Crippen MR) is 167 cm³/mol. The number of nitrogens with two attached hydrogens (primary N) is 3. The minimum Gasteiger partial charge on any atom is -0.724 e. The maximum absolute atomic E-state index is 13.2. The molecule has 0 saturated carbocycles. The lowest BCUT2D eigenvalue weighted by Crippen LogP contribution is -2.76. The molecule has 48 heavy (non-hydrogen) atoms. The van der Waals surface area contributed by atoms with Gasteiger partial charge in [-0.25, -0.2) is 18.2 Å². The van der Waals surface area contributed by atoms with E-state index in [9.17, 15) is 32.5 Å². The van der Waals surface area contributed by atoms with E-state index < -0.39 is 58.2 Å². The summed E-state index contributed by atoms with van der Waals surface area (Å²) in [6, 6.07) is 5.56. The molecule has 4 rings (SSSR count). The number of benzene rings is 1. The van der Waals surface area contributed by atoms with Gasteiger partial charge in [0, 0.05) is 5.38 Å². The number of carboxylic acid groups (broad SMARTS) is 1. The van der Waals surface area contributed by atoms with E-state index >= 15 is 0 Å². The van der Waals surface area contributed by atoms with E-state index in [1.54, 1.807) is 24.3 Å². The van der Waals surface area contributed by atoms with Crippen molar-refractivity contribution in [2.45, 2.75) is 51.0 Å². The van der Waals surface area contributed by atoms with Crippen LogP contribution in [-0.4, -0.2) is 93.7 Å². The van der Waals surface area contributed by atoms with Crippen molar-refractivity contribution in [1.29, 1.82) is 0 Å². The van der Waals surface area contributed by atoms with E-state index in [1.165, 1.54) is 19.2 Å². The van der Waals surface area contributed by atoms with Crippen molar-refractivity contribution in [3.8, 4) is 16.9 Å². The molecule has 0 aliphatic carbocycles. The van der Waals surface area contributed by atoms with Gasteiger partial charge in [-0.05, 0) is 44.5 Å². The Hall–Kier alpha value is -4.67. The molecule has 3 heterocycles. The molecule has 1 aliphatic rings. The van der Waals surface area contributed by atoms with E-state index in [2.05, 4.69) is 19.7 Å².